The summed E-state index contributed by atoms with van der Waals surface area (Å²) in [7, 11) is 0. The summed E-state index contributed by atoms with van der Waals surface area (Å²) in [6.45, 7) is 9.02. The maximum Gasteiger partial charge on any atom is 0.410 e. The van der Waals surface area contributed by atoms with Crippen LogP contribution in [0.3, 0.4) is 0 Å². The lowest BCUT2D eigenvalue weighted by Gasteiger charge is -2.26. The number of aromatic nitrogens is 1. The largest absolute Gasteiger partial charge is 0.444 e. The second-order valence-corrected chi connectivity index (χ2v) is 7.77. The Hall–Kier alpha value is -2.11. The third-order valence-electron chi connectivity index (χ3n) is 4.33. The van der Waals surface area contributed by atoms with Crippen molar-refractivity contribution in [3.05, 3.63) is 30.6 Å². The minimum atomic E-state index is -0.490. The molecule has 0 spiro atoms. The highest BCUT2D eigenvalue weighted by Crippen LogP contribution is 2.13. The van der Waals surface area contributed by atoms with Crippen molar-refractivity contribution >= 4 is 12.0 Å². The van der Waals surface area contributed by atoms with Crippen LogP contribution in [0, 0.1) is 0 Å². The van der Waals surface area contributed by atoms with Crippen molar-refractivity contribution in [1.29, 1.82) is 0 Å². The summed E-state index contributed by atoms with van der Waals surface area (Å²) < 4.78 is 7.57. The molecule has 0 saturated carbocycles. The fourth-order valence-electron chi connectivity index (χ4n) is 2.99. The number of hydrogen-bond acceptors (Lipinski definition) is 3. The van der Waals surface area contributed by atoms with Gasteiger partial charge in [0.1, 0.15) is 12.1 Å². The van der Waals surface area contributed by atoms with Crippen LogP contribution in [0.1, 0.15) is 46.5 Å². The predicted molar refractivity (Wildman–Crippen MR) is 99.5 cm³/mol. The number of unbranched alkanes of at least 4 members (excludes halogenated alkanes) is 1. The topological polar surface area (TPSA) is 53.7 Å². The number of amides is 2. The van der Waals surface area contributed by atoms with Crippen molar-refractivity contribution in [2.24, 2.45) is 0 Å². The van der Waals surface area contributed by atoms with Crippen LogP contribution in [0.2, 0.25) is 0 Å². The van der Waals surface area contributed by atoms with Gasteiger partial charge in [0.25, 0.3) is 0 Å². The van der Waals surface area contributed by atoms with E-state index in [2.05, 4.69) is 4.57 Å². The van der Waals surface area contributed by atoms with E-state index < -0.39 is 5.60 Å². The number of carbonyl (C=O) groups excluding carboxylic acids is 2. The first-order valence-electron chi connectivity index (χ1n) is 9.55. The summed E-state index contributed by atoms with van der Waals surface area (Å²) in [4.78, 5) is 28.2. The molecule has 6 nitrogen and oxygen atoms in total. The second-order valence-electron chi connectivity index (χ2n) is 7.77. The van der Waals surface area contributed by atoms with Gasteiger partial charge in [0.2, 0.25) is 5.91 Å². The van der Waals surface area contributed by atoms with Gasteiger partial charge in [-0.2, -0.15) is 0 Å². The van der Waals surface area contributed by atoms with E-state index in [4.69, 9.17) is 4.74 Å². The number of rotatable bonds is 5. The molecular weight excluding hydrogens is 330 g/mol. The van der Waals surface area contributed by atoms with Gasteiger partial charge in [-0.1, -0.05) is 6.07 Å². The lowest BCUT2D eigenvalue weighted by Crippen LogP contribution is -2.40. The van der Waals surface area contributed by atoms with Gasteiger partial charge in [-0.15, -0.1) is 0 Å². The molecule has 6 heteroatoms. The Kier molecular flexibility index (Phi) is 7.42. The molecule has 1 aliphatic heterocycles. The van der Waals surface area contributed by atoms with Crippen LogP contribution in [0.4, 0.5) is 4.79 Å². The Morgan fingerprint density at radius 1 is 0.962 bits per heavy atom. The van der Waals surface area contributed by atoms with Gasteiger partial charge in [0.15, 0.2) is 12.4 Å². The molecule has 2 heterocycles. The van der Waals surface area contributed by atoms with Crippen molar-refractivity contribution in [3.8, 4) is 0 Å². The van der Waals surface area contributed by atoms with Gasteiger partial charge in [0.05, 0.1) is 0 Å². The summed E-state index contributed by atoms with van der Waals surface area (Å²) in [6, 6.07) is 6.03. The fraction of sp³-hybridized carbons (Fsp3) is 0.650. The van der Waals surface area contributed by atoms with Gasteiger partial charge in [-0.25, -0.2) is 9.36 Å². The lowest BCUT2D eigenvalue weighted by molar-refractivity contribution is -0.697. The van der Waals surface area contributed by atoms with Gasteiger partial charge in [-0.05, 0) is 33.6 Å². The first-order valence-corrected chi connectivity index (χ1v) is 9.55. The highest BCUT2D eigenvalue weighted by atomic mass is 16.6. The maximum atomic E-state index is 12.5. The molecule has 0 bridgehead atoms. The van der Waals surface area contributed by atoms with E-state index in [0.29, 0.717) is 32.6 Å². The first-order chi connectivity index (χ1) is 12.3. The first kappa shape index (κ1) is 20.2. The zero-order valence-electron chi connectivity index (χ0n) is 16.3. The third-order valence-corrected chi connectivity index (χ3v) is 4.33. The molecule has 0 N–H and O–H groups in total. The van der Waals surface area contributed by atoms with Gasteiger partial charge in [-0.3, -0.25) is 4.79 Å². The van der Waals surface area contributed by atoms with Gasteiger partial charge >= 0.3 is 6.09 Å². The van der Waals surface area contributed by atoms with Crippen LogP contribution in [0.5, 0.6) is 0 Å². The van der Waals surface area contributed by atoms with Crippen molar-refractivity contribution in [1.82, 2.24) is 9.80 Å². The minimum Gasteiger partial charge on any atom is -0.444 e. The molecule has 0 atom stereocenters. The molecule has 26 heavy (non-hydrogen) atoms. The van der Waals surface area contributed by atoms with Crippen LogP contribution in [-0.2, 0) is 16.1 Å². The maximum absolute atomic E-state index is 12.5. The van der Waals surface area contributed by atoms with Crippen LogP contribution in [0.15, 0.2) is 30.6 Å². The molecular formula is C20H32N3O3+. The van der Waals surface area contributed by atoms with Gasteiger partial charge in [0, 0.05) is 51.2 Å². The highest BCUT2D eigenvalue weighted by Gasteiger charge is 2.25. The van der Waals surface area contributed by atoms with E-state index in [0.717, 1.165) is 25.8 Å². The molecule has 0 aromatic carbocycles. The Bertz CT molecular complexity index is 584. The van der Waals surface area contributed by atoms with Crippen molar-refractivity contribution in [2.75, 3.05) is 26.2 Å². The van der Waals surface area contributed by atoms with Crippen molar-refractivity contribution in [2.45, 2.75) is 58.6 Å². The Labute approximate surface area is 156 Å². The molecule has 1 aromatic rings. The number of ether oxygens (including phenoxy) is 1. The average Bonchev–Trinajstić information content (AvgIpc) is 2.84. The molecule has 2 amide bonds. The summed E-state index contributed by atoms with van der Waals surface area (Å²) in [6.07, 6.45) is 7.03. The molecule has 1 aliphatic rings. The van der Waals surface area contributed by atoms with E-state index in [1.54, 1.807) is 4.90 Å². The van der Waals surface area contributed by atoms with E-state index in [1.165, 1.54) is 0 Å². The molecule has 0 unspecified atom stereocenters. The summed E-state index contributed by atoms with van der Waals surface area (Å²) in [5.74, 6) is 0.189. The van der Waals surface area contributed by atoms with Gasteiger partial charge < -0.3 is 14.5 Å². The monoisotopic (exact) mass is 362 g/mol. The second kappa shape index (κ2) is 9.55. The number of pyridine rings is 1. The zero-order chi connectivity index (χ0) is 19.0. The quantitative estimate of drug-likeness (QED) is 0.598. The highest BCUT2D eigenvalue weighted by molar-refractivity contribution is 5.76. The molecule has 1 fully saturated rings. The van der Waals surface area contributed by atoms with Crippen LogP contribution in [0.25, 0.3) is 0 Å². The van der Waals surface area contributed by atoms with Crippen LogP contribution < -0.4 is 4.57 Å². The lowest BCUT2D eigenvalue weighted by atomic mass is 10.2. The number of carbonyl (C=O) groups is 2. The van der Waals surface area contributed by atoms with Crippen molar-refractivity contribution < 1.29 is 18.9 Å². The Balaban J connectivity index is 1.70. The zero-order valence-corrected chi connectivity index (χ0v) is 16.3. The number of aryl methyl sites for hydroxylation is 1. The SMILES string of the molecule is CC(C)(C)OC(=O)N1CCCN(C(=O)CCCC[n+]2ccccc2)CC1. The summed E-state index contributed by atoms with van der Waals surface area (Å²) >= 11 is 0. The minimum absolute atomic E-state index is 0.189. The predicted octanol–water partition coefficient (Wildman–Crippen LogP) is 2.61. The Morgan fingerprint density at radius 3 is 2.31 bits per heavy atom. The van der Waals surface area contributed by atoms with Crippen LogP contribution >= 0.6 is 0 Å². The van der Waals surface area contributed by atoms with E-state index in [-0.39, 0.29) is 12.0 Å². The van der Waals surface area contributed by atoms with E-state index in [9.17, 15) is 9.59 Å². The van der Waals surface area contributed by atoms with Crippen molar-refractivity contribution in [3.63, 3.8) is 0 Å². The summed E-state index contributed by atoms with van der Waals surface area (Å²) in [5, 5.41) is 0. The Morgan fingerprint density at radius 2 is 1.62 bits per heavy atom. The van der Waals surface area contributed by atoms with E-state index >= 15 is 0 Å². The molecule has 1 aromatic heterocycles. The average molecular weight is 362 g/mol. The molecule has 144 valence electrons. The molecule has 0 aliphatic carbocycles. The molecule has 1 saturated heterocycles. The summed E-state index contributed by atoms with van der Waals surface area (Å²) in [5.41, 5.74) is -0.490. The normalized spacial score (nSPS) is 15.5. The smallest absolute Gasteiger partial charge is 0.410 e. The third kappa shape index (κ3) is 7.02. The van der Waals surface area contributed by atoms with Crippen LogP contribution in [-0.4, -0.2) is 53.6 Å². The van der Waals surface area contributed by atoms with E-state index in [1.807, 2.05) is 56.3 Å². The number of nitrogens with zero attached hydrogens (tertiary/aromatic N) is 3. The molecule has 0 radical (unpaired) electrons. The standard InChI is InChI=1S/C20H32N3O3/c1-20(2,3)26-19(25)23-15-9-14-22(16-17-23)18(24)10-5-8-13-21-11-6-4-7-12-21/h4,6-7,11-12H,5,8-10,13-17H2,1-3H3/q+1. The molecule has 2 rings (SSSR count). The fourth-order valence-corrected chi connectivity index (χ4v) is 2.99. The number of hydrogen-bond donors (Lipinski definition) is 0.